The first kappa shape index (κ1) is 14.8. The standard InChI is InChI=1S/C14H14ClNO3S/c1-10(17)11-3-2-4-13(9-11)16-20(18,19)14-7-5-12(15)6-8-14/h2-10,16-17H,1H3/t10-/m0/s1. The summed E-state index contributed by atoms with van der Waals surface area (Å²) in [5.74, 6) is 0. The lowest BCUT2D eigenvalue weighted by Crippen LogP contribution is -2.13. The molecule has 2 aromatic carbocycles. The molecule has 0 fully saturated rings. The summed E-state index contributed by atoms with van der Waals surface area (Å²) in [4.78, 5) is 0.129. The van der Waals surface area contributed by atoms with Crippen LogP contribution in [0.3, 0.4) is 0 Å². The van der Waals surface area contributed by atoms with Gasteiger partial charge in [-0.3, -0.25) is 4.72 Å². The van der Waals surface area contributed by atoms with Gasteiger partial charge in [0.15, 0.2) is 0 Å². The zero-order valence-corrected chi connectivity index (χ0v) is 12.3. The van der Waals surface area contributed by atoms with Gasteiger partial charge in [0.05, 0.1) is 11.0 Å². The van der Waals surface area contributed by atoms with Crippen LogP contribution in [-0.4, -0.2) is 13.5 Å². The van der Waals surface area contributed by atoms with Crippen molar-refractivity contribution in [2.24, 2.45) is 0 Å². The van der Waals surface area contributed by atoms with Crippen LogP contribution in [0.2, 0.25) is 5.02 Å². The van der Waals surface area contributed by atoms with Gasteiger partial charge in [-0.1, -0.05) is 23.7 Å². The zero-order chi connectivity index (χ0) is 14.8. The number of aliphatic hydroxyl groups is 1. The van der Waals surface area contributed by atoms with E-state index >= 15 is 0 Å². The van der Waals surface area contributed by atoms with Crippen LogP contribution in [0.1, 0.15) is 18.6 Å². The molecular weight excluding hydrogens is 298 g/mol. The quantitative estimate of drug-likeness (QED) is 0.911. The normalized spacial score (nSPS) is 12.9. The van der Waals surface area contributed by atoms with E-state index in [-0.39, 0.29) is 4.90 Å². The lowest BCUT2D eigenvalue weighted by molar-refractivity contribution is 0.199. The van der Waals surface area contributed by atoms with Gasteiger partial charge < -0.3 is 5.11 Å². The van der Waals surface area contributed by atoms with Gasteiger partial charge in [-0.05, 0) is 48.9 Å². The highest BCUT2D eigenvalue weighted by atomic mass is 35.5. The van der Waals surface area contributed by atoms with Gasteiger partial charge in [0.1, 0.15) is 0 Å². The second-order valence-electron chi connectivity index (χ2n) is 4.36. The predicted molar refractivity (Wildman–Crippen MR) is 79.3 cm³/mol. The summed E-state index contributed by atoms with van der Waals surface area (Å²) in [5, 5.41) is 9.97. The molecule has 0 saturated heterocycles. The Hall–Kier alpha value is -1.56. The molecule has 0 unspecified atom stereocenters. The van der Waals surface area contributed by atoms with Gasteiger partial charge in [-0.25, -0.2) is 8.42 Å². The average molecular weight is 312 g/mol. The second kappa shape index (κ2) is 5.83. The molecule has 1 atom stereocenters. The highest BCUT2D eigenvalue weighted by Gasteiger charge is 2.14. The number of benzene rings is 2. The number of sulfonamides is 1. The summed E-state index contributed by atoms with van der Waals surface area (Å²) >= 11 is 5.73. The van der Waals surface area contributed by atoms with E-state index in [1.165, 1.54) is 24.3 Å². The molecule has 20 heavy (non-hydrogen) atoms. The summed E-state index contributed by atoms with van der Waals surface area (Å²) in [6, 6.07) is 12.5. The van der Waals surface area contributed by atoms with Crippen molar-refractivity contribution in [1.29, 1.82) is 0 Å². The molecule has 6 heteroatoms. The predicted octanol–water partition coefficient (Wildman–Crippen LogP) is 3.19. The molecular formula is C14H14ClNO3S. The van der Waals surface area contributed by atoms with E-state index in [2.05, 4.69) is 4.72 Å². The summed E-state index contributed by atoms with van der Waals surface area (Å²) in [6.45, 7) is 1.62. The Bertz CT molecular complexity index is 697. The fraction of sp³-hybridized carbons (Fsp3) is 0.143. The molecule has 0 aromatic heterocycles. The van der Waals surface area contributed by atoms with Crippen LogP contribution < -0.4 is 4.72 Å². The minimum Gasteiger partial charge on any atom is -0.389 e. The van der Waals surface area contributed by atoms with Crippen LogP contribution in [-0.2, 0) is 10.0 Å². The van der Waals surface area contributed by atoms with Crippen LogP contribution in [0.15, 0.2) is 53.4 Å². The Morgan fingerprint density at radius 2 is 1.80 bits per heavy atom. The summed E-state index contributed by atoms with van der Waals surface area (Å²) < 4.78 is 26.8. The number of hydrogen-bond donors (Lipinski definition) is 2. The van der Waals surface area contributed by atoms with E-state index in [9.17, 15) is 13.5 Å². The smallest absolute Gasteiger partial charge is 0.261 e. The fourth-order valence-electron chi connectivity index (χ4n) is 1.69. The second-order valence-corrected chi connectivity index (χ2v) is 6.48. The first-order valence-corrected chi connectivity index (χ1v) is 7.81. The van der Waals surface area contributed by atoms with Crippen molar-refractivity contribution in [3.05, 3.63) is 59.1 Å². The maximum atomic E-state index is 12.2. The van der Waals surface area contributed by atoms with E-state index in [1.807, 2.05) is 0 Å². The first-order chi connectivity index (χ1) is 9.38. The van der Waals surface area contributed by atoms with E-state index < -0.39 is 16.1 Å². The van der Waals surface area contributed by atoms with E-state index in [1.54, 1.807) is 31.2 Å². The van der Waals surface area contributed by atoms with E-state index in [4.69, 9.17) is 11.6 Å². The van der Waals surface area contributed by atoms with Crippen molar-refractivity contribution in [3.8, 4) is 0 Å². The number of halogens is 1. The molecule has 106 valence electrons. The molecule has 0 radical (unpaired) electrons. The maximum Gasteiger partial charge on any atom is 0.261 e. The Morgan fingerprint density at radius 1 is 1.15 bits per heavy atom. The van der Waals surface area contributed by atoms with Gasteiger partial charge >= 0.3 is 0 Å². The minimum absolute atomic E-state index is 0.129. The number of anilines is 1. The number of rotatable bonds is 4. The van der Waals surface area contributed by atoms with Crippen molar-refractivity contribution >= 4 is 27.3 Å². The minimum atomic E-state index is -3.66. The van der Waals surface area contributed by atoms with Crippen LogP contribution >= 0.6 is 11.6 Å². The molecule has 2 aromatic rings. The Morgan fingerprint density at radius 3 is 2.40 bits per heavy atom. The van der Waals surface area contributed by atoms with Crippen molar-refractivity contribution in [1.82, 2.24) is 0 Å². The number of aliphatic hydroxyl groups excluding tert-OH is 1. The zero-order valence-electron chi connectivity index (χ0n) is 10.7. The largest absolute Gasteiger partial charge is 0.389 e. The van der Waals surface area contributed by atoms with Gasteiger partial charge in [0, 0.05) is 10.7 Å². The summed E-state index contributed by atoms with van der Waals surface area (Å²) in [6.07, 6.45) is -0.657. The monoisotopic (exact) mass is 311 g/mol. The summed E-state index contributed by atoms with van der Waals surface area (Å²) in [7, 11) is -3.66. The lowest BCUT2D eigenvalue weighted by atomic mass is 10.1. The van der Waals surface area contributed by atoms with E-state index in [0.717, 1.165) is 0 Å². The van der Waals surface area contributed by atoms with Crippen molar-refractivity contribution < 1.29 is 13.5 Å². The van der Waals surface area contributed by atoms with Crippen molar-refractivity contribution in [2.75, 3.05) is 4.72 Å². The highest BCUT2D eigenvalue weighted by Crippen LogP contribution is 2.21. The molecule has 4 nitrogen and oxygen atoms in total. The highest BCUT2D eigenvalue weighted by molar-refractivity contribution is 7.92. The molecule has 0 aliphatic carbocycles. The SMILES string of the molecule is C[C@H](O)c1cccc(NS(=O)(=O)c2ccc(Cl)cc2)c1. The molecule has 0 spiro atoms. The van der Waals surface area contributed by atoms with E-state index in [0.29, 0.717) is 16.3 Å². The number of nitrogens with one attached hydrogen (secondary N) is 1. The molecule has 0 aliphatic heterocycles. The third-order valence-corrected chi connectivity index (χ3v) is 4.39. The van der Waals surface area contributed by atoms with Crippen LogP contribution in [0.25, 0.3) is 0 Å². The van der Waals surface area contributed by atoms with Crippen LogP contribution in [0.4, 0.5) is 5.69 Å². The van der Waals surface area contributed by atoms with Gasteiger partial charge in [0.25, 0.3) is 10.0 Å². The Kier molecular flexibility index (Phi) is 4.32. The average Bonchev–Trinajstić information content (AvgIpc) is 2.39. The van der Waals surface area contributed by atoms with Crippen molar-refractivity contribution in [2.45, 2.75) is 17.9 Å². The molecule has 0 heterocycles. The summed E-state index contributed by atoms with van der Waals surface area (Å²) in [5.41, 5.74) is 1.04. The Labute approximate surface area is 123 Å². The molecule has 0 saturated carbocycles. The van der Waals surface area contributed by atoms with Crippen LogP contribution in [0, 0.1) is 0 Å². The van der Waals surface area contributed by atoms with Gasteiger partial charge in [-0.2, -0.15) is 0 Å². The fourth-order valence-corrected chi connectivity index (χ4v) is 2.87. The van der Waals surface area contributed by atoms with Crippen LogP contribution in [0.5, 0.6) is 0 Å². The third-order valence-electron chi connectivity index (χ3n) is 2.75. The molecule has 0 bridgehead atoms. The lowest BCUT2D eigenvalue weighted by Gasteiger charge is -2.10. The third kappa shape index (κ3) is 3.50. The van der Waals surface area contributed by atoms with Gasteiger partial charge in [0.2, 0.25) is 0 Å². The molecule has 2 N–H and O–H groups in total. The molecule has 0 amide bonds. The molecule has 2 rings (SSSR count). The number of hydrogen-bond acceptors (Lipinski definition) is 3. The van der Waals surface area contributed by atoms with Crippen molar-refractivity contribution in [3.63, 3.8) is 0 Å². The topological polar surface area (TPSA) is 66.4 Å². The Balaban J connectivity index is 2.28. The maximum absolute atomic E-state index is 12.2. The first-order valence-electron chi connectivity index (χ1n) is 5.95. The molecule has 0 aliphatic rings. The van der Waals surface area contributed by atoms with Gasteiger partial charge in [-0.15, -0.1) is 0 Å².